The predicted octanol–water partition coefficient (Wildman–Crippen LogP) is 3.66. The monoisotopic (exact) mass is 811 g/mol. The standard InChI is InChI=1S/C39H50FN15O4/c1-6-28-37(57)52(3)29-17-43-38(48-33(29)55(28)23-10-7-8-11-23)46-26-13-12-22(16-30(26)58-4)35(56)42-14-9-15-54-20-27(36(50-54)59-5)45-32-31-34(51(2)21-44-31)49-39(47-32)53-18-24(40)25(41)19-53/h12-13,16-17,20-21,23-25,28H,6-11,14-15,18-19,41H2,1-5H3,(H,42,56)(H,43,46,48)(H,45,47,49)/t24-,25-,28?/m1/s1. The second kappa shape index (κ2) is 16.5. The van der Waals surface area contributed by atoms with Crippen LogP contribution in [-0.4, -0.2) is 116 Å². The zero-order valence-corrected chi connectivity index (χ0v) is 33.9. The minimum Gasteiger partial charge on any atom is -0.495 e. The highest BCUT2D eigenvalue weighted by atomic mass is 19.1. The number of aryl methyl sites for hydroxylation is 2. The molecule has 2 fully saturated rings. The minimum atomic E-state index is -1.17. The highest BCUT2D eigenvalue weighted by Gasteiger charge is 2.41. The molecule has 0 bridgehead atoms. The molecule has 8 rings (SSSR count). The van der Waals surface area contributed by atoms with Crippen LogP contribution >= 0.6 is 0 Å². The second-order valence-electron chi connectivity index (χ2n) is 15.1. The molecule has 0 spiro atoms. The number of carbonyl (C=O) groups excluding carboxylic acids is 2. The Labute approximate surface area is 340 Å². The lowest BCUT2D eigenvalue weighted by molar-refractivity contribution is -0.120. The molecule has 20 heteroatoms. The fraction of sp³-hybridized carbons (Fsp3) is 0.487. The van der Waals surface area contributed by atoms with Crippen molar-refractivity contribution in [3.63, 3.8) is 0 Å². The van der Waals surface area contributed by atoms with E-state index in [1.54, 1.807) is 70.1 Å². The van der Waals surface area contributed by atoms with Gasteiger partial charge in [0.15, 0.2) is 22.8 Å². The fourth-order valence-corrected chi connectivity index (χ4v) is 8.10. The number of amides is 2. The lowest BCUT2D eigenvalue weighted by atomic mass is 10.0. The number of halogens is 1. The number of ether oxygens (including phenoxy) is 2. The van der Waals surface area contributed by atoms with Crippen LogP contribution in [0.25, 0.3) is 11.2 Å². The van der Waals surface area contributed by atoms with Gasteiger partial charge in [-0.25, -0.2) is 14.4 Å². The van der Waals surface area contributed by atoms with Gasteiger partial charge in [0.05, 0.1) is 51.2 Å². The van der Waals surface area contributed by atoms with Crippen molar-refractivity contribution >= 4 is 63.6 Å². The van der Waals surface area contributed by atoms with Gasteiger partial charge >= 0.3 is 0 Å². The third kappa shape index (κ3) is 7.71. The first-order valence-electron chi connectivity index (χ1n) is 19.9. The van der Waals surface area contributed by atoms with Crippen molar-refractivity contribution in [2.24, 2.45) is 12.8 Å². The number of methoxy groups -OCH3 is 2. The van der Waals surface area contributed by atoms with Crippen LogP contribution in [0.3, 0.4) is 0 Å². The Morgan fingerprint density at radius 1 is 1.03 bits per heavy atom. The van der Waals surface area contributed by atoms with Crippen LogP contribution in [0.2, 0.25) is 0 Å². The molecule has 1 aromatic carbocycles. The van der Waals surface area contributed by atoms with Gasteiger partial charge in [0.2, 0.25) is 17.8 Å². The molecule has 1 saturated heterocycles. The van der Waals surface area contributed by atoms with Gasteiger partial charge in [0, 0.05) is 45.3 Å². The molecule has 3 atom stereocenters. The van der Waals surface area contributed by atoms with Crippen molar-refractivity contribution < 1.29 is 23.5 Å². The van der Waals surface area contributed by atoms with Crippen molar-refractivity contribution in [2.45, 2.75) is 76.3 Å². The van der Waals surface area contributed by atoms with Crippen LogP contribution in [-0.2, 0) is 18.4 Å². The summed E-state index contributed by atoms with van der Waals surface area (Å²) < 4.78 is 29.0. The Morgan fingerprint density at radius 2 is 1.85 bits per heavy atom. The van der Waals surface area contributed by atoms with Gasteiger partial charge in [-0.3, -0.25) is 14.3 Å². The van der Waals surface area contributed by atoms with E-state index in [0.717, 1.165) is 31.5 Å². The van der Waals surface area contributed by atoms with Crippen molar-refractivity contribution in [1.82, 2.24) is 44.6 Å². The van der Waals surface area contributed by atoms with E-state index in [0.29, 0.717) is 95.6 Å². The zero-order chi connectivity index (χ0) is 41.4. The van der Waals surface area contributed by atoms with E-state index in [2.05, 4.69) is 45.9 Å². The number of anilines is 7. The minimum absolute atomic E-state index is 0.0558. The van der Waals surface area contributed by atoms with Crippen LogP contribution < -0.4 is 45.9 Å². The molecule has 19 nitrogen and oxygen atoms in total. The van der Waals surface area contributed by atoms with Gasteiger partial charge in [-0.1, -0.05) is 19.8 Å². The Balaban J connectivity index is 0.902. The molecule has 3 aliphatic rings. The largest absolute Gasteiger partial charge is 0.495 e. The van der Waals surface area contributed by atoms with E-state index < -0.39 is 12.2 Å². The summed E-state index contributed by atoms with van der Waals surface area (Å²) in [7, 11) is 6.66. The number of aromatic nitrogens is 8. The number of nitrogens with one attached hydrogen (secondary N) is 3. The predicted molar refractivity (Wildman–Crippen MR) is 221 cm³/mol. The molecule has 1 saturated carbocycles. The maximum Gasteiger partial charge on any atom is 0.256 e. The molecule has 312 valence electrons. The number of benzene rings is 1. The summed E-state index contributed by atoms with van der Waals surface area (Å²) in [4.78, 5) is 55.4. The molecule has 6 heterocycles. The van der Waals surface area contributed by atoms with Crippen LogP contribution in [0, 0.1) is 0 Å². The summed E-state index contributed by atoms with van der Waals surface area (Å²) in [5.74, 6) is 2.45. The van der Waals surface area contributed by atoms with Crippen molar-refractivity contribution in [3.8, 4) is 11.6 Å². The Morgan fingerprint density at radius 3 is 2.58 bits per heavy atom. The molecule has 2 amide bonds. The maximum absolute atomic E-state index is 14.3. The smallest absolute Gasteiger partial charge is 0.256 e. The topological polar surface area (TPSA) is 212 Å². The van der Waals surface area contributed by atoms with Gasteiger partial charge in [-0.05, 0) is 43.9 Å². The van der Waals surface area contributed by atoms with Crippen LogP contribution in [0.1, 0.15) is 55.8 Å². The number of rotatable bonds is 14. The highest BCUT2D eigenvalue weighted by molar-refractivity contribution is 6.04. The first kappa shape index (κ1) is 39.5. The SMILES string of the molecule is CCC1C(=O)N(C)c2cnc(Nc3ccc(C(=O)NCCCn4cc(Nc5nc(N6C[C@@H](N)[C@H](F)C6)nc6c5ncn6C)c(OC)n4)cc3OC)nc2N1C1CCCC1. The molecule has 5 N–H and O–H groups in total. The number of likely N-dealkylation sites (N-methyl/N-ethyl adjacent to an activating group) is 1. The lowest BCUT2D eigenvalue weighted by Gasteiger charge is -2.43. The number of hydrogen-bond donors (Lipinski definition) is 4. The summed E-state index contributed by atoms with van der Waals surface area (Å²) in [5.41, 5.74) is 9.30. The second-order valence-corrected chi connectivity index (χ2v) is 15.1. The number of carbonyl (C=O) groups is 2. The Hall–Kier alpha value is -6.31. The van der Waals surface area contributed by atoms with E-state index >= 15 is 0 Å². The molecule has 4 aromatic heterocycles. The highest BCUT2D eigenvalue weighted by Crippen LogP contribution is 2.40. The average Bonchev–Trinajstić information content (AvgIpc) is 4.06. The maximum atomic E-state index is 14.3. The number of fused-ring (bicyclic) bond motifs is 2. The van der Waals surface area contributed by atoms with E-state index in [-0.39, 0.29) is 30.4 Å². The lowest BCUT2D eigenvalue weighted by Crippen LogP contribution is -2.55. The fourth-order valence-electron chi connectivity index (χ4n) is 8.10. The summed E-state index contributed by atoms with van der Waals surface area (Å²) in [6.45, 7) is 3.29. The summed E-state index contributed by atoms with van der Waals surface area (Å²) in [6.07, 6.45) is 9.50. The third-order valence-electron chi connectivity index (χ3n) is 11.3. The van der Waals surface area contributed by atoms with Gasteiger partial charge in [0.25, 0.3) is 11.8 Å². The van der Waals surface area contributed by atoms with Crippen LogP contribution in [0.15, 0.2) is 36.9 Å². The van der Waals surface area contributed by atoms with Crippen molar-refractivity contribution in [2.75, 3.05) is 66.2 Å². The summed E-state index contributed by atoms with van der Waals surface area (Å²) in [5, 5.41) is 14.1. The molecular formula is C39H50FN15O4. The van der Waals surface area contributed by atoms with E-state index in [1.165, 1.54) is 7.11 Å². The van der Waals surface area contributed by atoms with Crippen molar-refractivity contribution in [1.29, 1.82) is 0 Å². The molecule has 5 aromatic rings. The Kier molecular flexibility index (Phi) is 11.1. The summed E-state index contributed by atoms with van der Waals surface area (Å²) >= 11 is 0. The molecule has 1 aliphatic carbocycles. The van der Waals surface area contributed by atoms with Gasteiger partial charge in [-0.15, -0.1) is 5.10 Å². The van der Waals surface area contributed by atoms with Crippen LogP contribution in [0.4, 0.5) is 45.0 Å². The van der Waals surface area contributed by atoms with E-state index in [1.807, 2.05) is 14.0 Å². The van der Waals surface area contributed by atoms with Gasteiger partial charge < -0.3 is 50.4 Å². The van der Waals surface area contributed by atoms with E-state index in [4.69, 9.17) is 20.2 Å². The van der Waals surface area contributed by atoms with Gasteiger partial charge in [-0.2, -0.15) is 15.0 Å². The Bertz CT molecular complexity index is 2340. The first-order chi connectivity index (χ1) is 28.6. The number of nitrogens with zero attached hydrogens (tertiary/aromatic N) is 11. The number of nitrogens with two attached hydrogens (primary N) is 1. The molecular weight excluding hydrogens is 762 g/mol. The number of alkyl halides is 1. The normalized spacial score (nSPS) is 19.4. The number of hydrogen-bond acceptors (Lipinski definition) is 15. The molecule has 1 unspecified atom stereocenters. The first-order valence-corrected chi connectivity index (χ1v) is 19.9. The van der Waals surface area contributed by atoms with Gasteiger partial charge in [0.1, 0.15) is 29.3 Å². The molecule has 0 radical (unpaired) electrons. The third-order valence-corrected chi connectivity index (χ3v) is 11.3. The summed E-state index contributed by atoms with van der Waals surface area (Å²) in [6, 6.07) is 4.50. The molecule has 2 aliphatic heterocycles. The quantitative estimate of drug-likeness (QED) is 0.118. The van der Waals surface area contributed by atoms with E-state index in [9.17, 15) is 14.0 Å². The van der Waals surface area contributed by atoms with Crippen LogP contribution in [0.5, 0.6) is 11.6 Å². The zero-order valence-electron chi connectivity index (χ0n) is 33.9. The number of imidazole rings is 1. The average molecular weight is 812 g/mol. The molecule has 59 heavy (non-hydrogen) atoms. The van der Waals surface area contributed by atoms with Crippen molar-refractivity contribution in [3.05, 3.63) is 42.5 Å².